The quantitative estimate of drug-likeness (QED) is 0.777. The zero-order chi connectivity index (χ0) is 17.5. The first-order valence-electron chi connectivity index (χ1n) is 7.91. The van der Waals surface area contributed by atoms with E-state index in [0.29, 0.717) is 12.4 Å². The van der Waals surface area contributed by atoms with E-state index in [1.807, 2.05) is 38.1 Å². The fourth-order valence-corrected chi connectivity index (χ4v) is 2.01. The Morgan fingerprint density at radius 1 is 1.25 bits per heavy atom. The number of aryl methyl sites for hydroxylation is 1. The second-order valence-corrected chi connectivity index (χ2v) is 5.59. The molecule has 0 fully saturated rings. The Balaban J connectivity index is 1.90. The Hall–Kier alpha value is -2.77. The molecule has 0 aliphatic heterocycles. The SMILES string of the molecule is CCCNC(=O)[C@H](C)NC(=O)Cn1nnc(-c2ccc(C)cc2)n1. The second-order valence-electron chi connectivity index (χ2n) is 5.59. The molecule has 0 aliphatic rings. The minimum Gasteiger partial charge on any atom is -0.354 e. The van der Waals surface area contributed by atoms with Crippen LogP contribution in [0.5, 0.6) is 0 Å². The van der Waals surface area contributed by atoms with Gasteiger partial charge in [-0.15, -0.1) is 10.2 Å². The van der Waals surface area contributed by atoms with Crippen LogP contribution in [-0.2, 0) is 16.1 Å². The highest BCUT2D eigenvalue weighted by atomic mass is 16.2. The summed E-state index contributed by atoms with van der Waals surface area (Å²) in [7, 11) is 0. The van der Waals surface area contributed by atoms with Gasteiger partial charge in [-0.3, -0.25) is 9.59 Å². The summed E-state index contributed by atoms with van der Waals surface area (Å²) in [5.41, 5.74) is 1.97. The molecule has 0 saturated carbocycles. The number of rotatable bonds is 7. The third kappa shape index (κ3) is 4.87. The van der Waals surface area contributed by atoms with Gasteiger partial charge >= 0.3 is 0 Å². The van der Waals surface area contributed by atoms with E-state index in [2.05, 4.69) is 26.0 Å². The third-order valence-electron chi connectivity index (χ3n) is 3.37. The van der Waals surface area contributed by atoms with E-state index in [9.17, 15) is 9.59 Å². The monoisotopic (exact) mass is 330 g/mol. The number of tetrazole rings is 1. The van der Waals surface area contributed by atoms with E-state index in [0.717, 1.165) is 17.5 Å². The van der Waals surface area contributed by atoms with E-state index < -0.39 is 6.04 Å². The maximum Gasteiger partial charge on any atom is 0.244 e. The fourth-order valence-electron chi connectivity index (χ4n) is 2.01. The van der Waals surface area contributed by atoms with Crippen LogP contribution in [0, 0.1) is 6.92 Å². The summed E-state index contributed by atoms with van der Waals surface area (Å²) < 4.78 is 0. The molecule has 0 spiro atoms. The van der Waals surface area contributed by atoms with Crippen molar-refractivity contribution >= 4 is 11.8 Å². The van der Waals surface area contributed by atoms with E-state index in [1.54, 1.807) is 6.92 Å². The van der Waals surface area contributed by atoms with Crippen molar-refractivity contribution in [2.75, 3.05) is 6.54 Å². The van der Waals surface area contributed by atoms with Crippen molar-refractivity contribution in [3.05, 3.63) is 29.8 Å². The van der Waals surface area contributed by atoms with E-state index in [-0.39, 0.29) is 18.4 Å². The van der Waals surface area contributed by atoms with Crippen molar-refractivity contribution in [2.24, 2.45) is 0 Å². The fraction of sp³-hybridized carbons (Fsp3) is 0.438. The topological polar surface area (TPSA) is 102 Å². The summed E-state index contributed by atoms with van der Waals surface area (Å²) in [6.07, 6.45) is 0.844. The molecule has 0 radical (unpaired) electrons. The molecule has 0 unspecified atom stereocenters. The van der Waals surface area contributed by atoms with Gasteiger partial charge in [0.15, 0.2) is 0 Å². The Morgan fingerprint density at radius 3 is 2.62 bits per heavy atom. The van der Waals surface area contributed by atoms with Crippen LogP contribution in [0.3, 0.4) is 0 Å². The predicted molar refractivity (Wildman–Crippen MR) is 88.9 cm³/mol. The minimum absolute atomic E-state index is 0.0930. The van der Waals surface area contributed by atoms with Crippen molar-refractivity contribution in [1.82, 2.24) is 30.8 Å². The Kier molecular flexibility index (Phi) is 6.00. The maximum atomic E-state index is 12.0. The normalized spacial score (nSPS) is 11.8. The molecule has 1 atom stereocenters. The molecule has 2 N–H and O–H groups in total. The smallest absolute Gasteiger partial charge is 0.244 e. The lowest BCUT2D eigenvalue weighted by Crippen LogP contribution is -2.46. The lowest BCUT2D eigenvalue weighted by molar-refractivity contribution is -0.129. The number of carbonyl (C=O) groups is 2. The van der Waals surface area contributed by atoms with Crippen molar-refractivity contribution < 1.29 is 9.59 Å². The molecule has 24 heavy (non-hydrogen) atoms. The molecule has 2 rings (SSSR count). The van der Waals surface area contributed by atoms with E-state index >= 15 is 0 Å². The summed E-state index contributed by atoms with van der Waals surface area (Å²) in [6.45, 7) is 6.09. The molecular weight excluding hydrogens is 308 g/mol. The predicted octanol–water partition coefficient (Wildman–Crippen LogP) is 0.679. The lowest BCUT2D eigenvalue weighted by Gasteiger charge is -2.13. The zero-order valence-electron chi connectivity index (χ0n) is 14.1. The van der Waals surface area contributed by atoms with E-state index in [1.165, 1.54) is 4.80 Å². The first kappa shape index (κ1) is 17.6. The first-order valence-corrected chi connectivity index (χ1v) is 7.91. The van der Waals surface area contributed by atoms with Crippen LogP contribution in [0.1, 0.15) is 25.8 Å². The Morgan fingerprint density at radius 2 is 1.96 bits per heavy atom. The van der Waals surface area contributed by atoms with Gasteiger partial charge in [-0.2, -0.15) is 4.80 Å². The van der Waals surface area contributed by atoms with Crippen LogP contribution >= 0.6 is 0 Å². The Bertz CT molecular complexity index is 695. The van der Waals surface area contributed by atoms with Gasteiger partial charge in [0.05, 0.1) is 0 Å². The average Bonchev–Trinajstić information content (AvgIpc) is 3.01. The molecule has 0 saturated heterocycles. The molecule has 2 amide bonds. The summed E-state index contributed by atoms with van der Waals surface area (Å²) in [4.78, 5) is 24.9. The number of nitrogens with one attached hydrogen (secondary N) is 2. The number of hydrogen-bond acceptors (Lipinski definition) is 5. The molecule has 0 aliphatic carbocycles. The molecule has 128 valence electrons. The number of aromatic nitrogens is 4. The molecule has 2 aromatic rings. The number of benzene rings is 1. The Labute approximate surface area is 140 Å². The highest BCUT2D eigenvalue weighted by molar-refractivity contribution is 5.87. The van der Waals surface area contributed by atoms with Gasteiger partial charge in [0.2, 0.25) is 17.6 Å². The summed E-state index contributed by atoms with van der Waals surface area (Å²) in [6, 6.07) is 7.11. The molecule has 0 bridgehead atoms. The van der Waals surface area contributed by atoms with Gasteiger partial charge < -0.3 is 10.6 Å². The number of carbonyl (C=O) groups excluding carboxylic acids is 2. The molecule has 1 heterocycles. The molecule has 1 aromatic heterocycles. The van der Waals surface area contributed by atoms with Gasteiger partial charge in [-0.1, -0.05) is 36.8 Å². The van der Waals surface area contributed by atoms with Gasteiger partial charge in [0.25, 0.3) is 0 Å². The van der Waals surface area contributed by atoms with Crippen molar-refractivity contribution in [3.63, 3.8) is 0 Å². The van der Waals surface area contributed by atoms with Gasteiger partial charge in [0.1, 0.15) is 12.6 Å². The summed E-state index contributed by atoms with van der Waals surface area (Å²) >= 11 is 0. The van der Waals surface area contributed by atoms with Crippen molar-refractivity contribution in [1.29, 1.82) is 0 Å². The van der Waals surface area contributed by atoms with Crippen LogP contribution in [0.25, 0.3) is 11.4 Å². The van der Waals surface area contributed by atoms with Crippen molar-refractivity contribution in [2.45, 2.75) is 39.8 Å². The average molecular weight is 330 g/mol. The largest absolute Gasteiger partial charge is 0.354 e. The number of amides is 2. The lowest BCUT2D eigenvalue weighted by atomic mass is 10.1. The molecular formula is C16H22N6O2. The highest BCUT2D eigenvalue weighted by Crippen LogP contribution is 2.13. The van der Waals surface area contributed by atoms with E-state index in [4.69, 9.17) is 0 Å². The molecule has 1 aromatic carbocycles. The maximum absolute atomic E-state index is 12.0. The summed E-state index contributed by atoms with van der Waals surface area (Å²) in [5.74, 6) is -0.101. The summed E-state index contributed by atoms with van der Waals surface area (Å²) in [5, 5.41) is 17.3. The number of hydrogen-bond donors (Lipinski definition) is 2. The minimum atomic E-state index is -0.607. The molecule has 8 nitrogen and oxygen atoms in total. The van der Waals surface area contributed by atoms with Crippen LogP contribution in [0.2, 0.25) is 0 Å². The zero-order valence-corrected chi connectivity index (χ0v) is 14.1. The van der Waals surface area contributed by atoms with Gasteiger partial charge in [-0.05, 0) is 25.5 Å². The molecule has 8 heteroatoms. The van der Waals surface area contributed by atoms with Crippen LogP contribution < -0.4 is 10.6 Å². The van der Waals surface area contributed by atoms with Crippen LogP contribution in [-0.4, -0.2) is 44.6 Å². The van der Waals surface area contributed by atoms with Crippen LogP contribution in [0.15, 0.2) is 24.3 Å². The second kappa shape index (κ2) is 8.19. The highest BCUT2D eigenvalue weighted by Gasteiger charge is 2.16. The van der Waals surface area contributed by atoms with Gasteiger partial charge in [-0.25, -0.2) is 0 Å². The first-order chi connectivity index (χ1) is 11.5. The van der Waals surface area contributed by atoms with Crippen molar-refractivity contribution in [3.8, 4) is 11.4 Å². The van der Waals surface area contributed by atoms with Gasteiger partial charge in [0, 0.05) is 12.1 Å². The number of nitrogens with zero attached hydrogens (tertiary/aromatic N) is 4. The standard InChI is InChI=1S/C16H22N6O2/c1-4-9-17-16(24)12(3)18-14(23)10-22-20-15(19-21-22)13-7-5-11(2)6-8-13/h5-8,12H,4,9-10H2,1-3H3,(H,17,24)(H,18,23)/t12-/m0/s1. The van der Waals surface area contributed by atoms with Crippen LogP contribution in [0.4, 0.5) is 0 Å². The third-order valence-corrected chi connectivity index (χ3v) is 3.37.